The zero-order chi connectivity index (χ0) is 14.6. The van der Waals surface area contributed by atoms with Crippen molar-refractivity contribution in [2.24, 2.45) is 0 Å². The summed E-state index contributed by atoms with van der Waals surface area (Å²) in [5.74, 6) is 0. The standard InChI is InChI=1S/C13H20ClN3O2S/c14-12-10-11(4-5-13(12)15)20(18,19)16-6-9-17-7-2-1-3-8-17/h4-5,10,16H,1-3,6-9,15H2. The van der Waals surface area contributed by atoms with Gasteiger partial charge in [0.25, 0.3) is 0 Å². The van der Waals surface area contributed by atoms with Crippen molar-refractivity contribution < 1.29 is 8.42 Å². The van der Waals surface area contributed by atoms with Crippen LogP contribution < -0.4 is 10.5 Å². The fourth-order valence-electron chi connectivity index (χ4n) is 2.28. The van der Waals surface area contributed by atoms with Crippen molar-refractivity contribution >= 4 is 27.3 Å². The molecule has 1 heterocycles. The summed E-state index contributed by atoms with van der Waals surface area (Å²) < 4.78 is 26.8. The highest BCUT2D eigenvalue weighted by atomic mass is 35.5. The highest BCUT2D eigenvalue weighted by molar-refractivity contribution is 7.89. The van der Waals surface area contributed by atoms with Gasteiger partial charge in [-0.2, -0.15) is 0 Å². The van der Waals surface area contributed by atoms with Gasteiger partial charge in [0.05, 0.1) is 15.6 Å². The molecule has 0 aliphatic carbocycles. The molecule has 112 valence electrons. The van der Waals surface area contributed by atoms with Crippen molar-refractivity contribution in [2.45, 2.75) is 24.2 Å². The van der Waals surface area contributed by atoms with E-state index in [1.165, 1.54) is 37.5 Å². The zero-order valence-electron chi connectivity index (χ0n) is 11.3. The predicted octanol–water partition coefficient (Wildman–Crippen LogP) is 1.69. The Morgan fingerprint density at radius 3 is 2.60 bits per heavy atom. The minimum Gasteiger partial charge on any atom is -0.398 e. The summed E-state index contributed by atoms with van der Waals surface area (Å²) >= 11 is 5.85. The molecule has 0 saturated carbocycles. The number of hydrogen-bond donors (Lipinski definition) is 2. The molecule has 0 atom stereocenters. The van der Waals surface area contributed by atoms with Gasteiger partial charge >= 0.3 is 0 Å². The lowest BCUT2D eigenvalue weighted by molar-refractivity contribution is 0.233. The first-order valence-corrected chi connectivity index (χ1v) is 8.62. The number of rotatable bonds is 5. The van der Waals surface area contributed by atoms with Crippen LogP contribution in [0, 0.1) is 0 Å². The first-order chi connectivity index (χ1) is 9.49. The molecule has 0 bridgehead atoms. The second-order valence-electron chi connectivity index (χ2n) is 4.98. The van der Waals surface area contributed by atoms with Gasteiger partial charge in [0.2, 0.25) is 10.0 Å². The molecule has 2 rings (SSSR count). The van der Waals surface area contributed by atoms with E-state index in [1.807, 2.05) is 0 Å². The third kappa shape index (κ3) is 4.09. The molecule has 1 aromatic rings. The van der Waals surface area contributed by atoms with Gasteiger partial charge in [-0.25, -0.2) is 13.1 Å². The van der Waals surface area contributed by atoms with E-state index >= 15 is 0 Å². The number of piperidine rings is 1. The lowest BCUT2D eigenvalue weighted by Gasteiger charge is -2.26. The molecule has 0 unspecified atom stereocenters. The lowest BCUT2D eigenvalue weighted by atomic mass is 10.1. The first kappa shape index (κ1) is 15.6. The number of benzene rings is 1. The molecule has 0 amide bonds. The molecule has 5 nitrogen and oxygen atoms in total. The fourth-order valence-corrected chi connectivity index (χ4v) is 3.57. The van der Waals surface area contributed by atoms with Gasteiger partial charge in [-0.15, -0.1) is 0 Å². The van der Waals surface area contributed by atoms with E-state index in [0.717, 1.165) is 19.6 Å². The van der Waals surface area contributed by atoms with Gasteiger partial charge in [-0.05, 0) is 44.1 Å². The monoisotopic (exact) mass is 317 g/mol. The smallest absolute Gasteiger partial charge is 0.240 e. The van der Waals surface area contributed by atoms with Crippen LogP contribution in [0.5, 0.6) is 0 Å². The third-order valence-electron chi connectivity index (χ3n) is 3.45. The van der Waals surface area contributed by atoms with Crippen molar-refractivity contribution in [3.63, 3.8) is 0 Å². The summed E-state index contributed by atoms with van der Waals surface area (Å²) in [7, 11) is -3.52. The molecule has 1 saturated heterocycles. The maximum absolute atomic E-state index is 12.1. The summed E-state index contributed by atoms with van der Waals surface area (Å²) in [5, 5.41) is 0.254. The third-order valence-corrected chi connectivity index (χ3v) is 5.24. The molecule has 0 aromatic heterocycles. The van der Waals surface area contributed by atoms with Gasteiger partial charge in [0, 0.05) is 13.1 Å². The molecular formula is C13H20ClN3O2S. The Morgan fingerprint density at radius 2 is 1.95 bits per heavy atom. The Balaban J connectivity index is 1.91. The predicted molar refractivity (Wildman–Crippen MR) is 81.3 cm³/mol. The minimum absolute atomic E-state index is 0.148. The largest absolute Gasteiger partial charge is 0.398 e. The second-order valence-corrected chi connectivity index (χ2v) is 7.16. The normalized spacial score (nSPS) is 17.2. The summed E-state index contributed by atoms with van der Waals surface area (Å²) in [6.07, 6.45) is 3.66. The molecule has 1 aliphatic heterocycles. The van der Waals surface area contributed by atoms with Crippen LogP contribution in [-0.2, 0) is 10.0 Å². The molecule has 1 fully saturated rings. The summed E-state index contributed by atoms with van der Waals surface area (Å²) in [4.78, 5) is 2.43. The van der Waals surface area contributed by atoms with Crippen LogP contribution in [0.25, 0.3) is 0 Å². The molecule has 0 radical (unpaired) electrons. The quantitative estimate of drug-likeness (QED) is 0.810. The van der Waals surface area contributed by atoms with E-state index in [0.29, 0.717) is 12.2 Å². The molecule has 7 heteroatoms. The van der Waals surface area contributed by atoms with Crippen LogP contribution in [0.1, 0.15) is 19.3 Å². The molecule has 1 aromatic carbocycles. The molecule has 0 spiro atoms. The van der Waals surface area contributed by atoms with Crippen LogP contribution in [0.2, 0.25) is 5.02 Å². The average molecular weight is 318 g/mol. The average Bonchev–Trinajstić information content (AvgIpc) is 2.43. The maximum atomic E-state index is 12.1. The summed E-state index contributed by atoms with van der Waals surface area (Å²) in [5.41, 5.74) is 5.95. The number of hydrogen-bond acceptors (Lipinski definition) is 4. The van der Waals surface area contributed by atoms with E-state index in [4.69, 9.17) is 17.3 Å². The second kappa shape index (κ2) is 6.76. The number of likely N-dealkylation sites (tertiary alicyclic amines) is 1. The molecular weight excluding hydrogens is 298 g/mol. The number of anilines is 1. The SMILES string of the molecule is Nc1ccc(S(=O)(=O)NCCN2CCCCC2)cc1Cl. The van der Waals surface area contributed by atoms with Crippen molar-refractivity contribution in [3.8, 4) is 0 Å². The number of nitrogen functional groups attached to an aromatic ring is 1. The molecule has 1 aliphatic rings. The lowest BCUT2D eigenvalue weighted by Crippen LogP contribution is -2.37. The van der Waals surface area contributed by atoms with Crippen LogP contribution in [0.4, 0.5) is 5.69 Å². The van der Waals surface area contributed by atoms with Gasteiger partial charge in [-0.3, -0.25) is 0 Å². The van der Waals surface area contributed by atoms with Crippen molar-refractivity contribution in [1.82, 2.24) is 9.62 Å². The summed E-state index contributed by atoms with van der Waals surface area (Å²) in [6.45, 7) is 3.25. The van der Waals surface area contributed by atoms with Gasteiger partial charge in [-0.1, -0.05) is 18.0 Å². The van der Waals surface area contributed by atoms with Gasteiger partial charge in [0.1, 0.15) is 0 Å². The van der Waals surface area contributed by atoms with E-state index in [1.54, 1.807) is 0 Å². The number of nitrogens with two attached hydrogens (primary N) is 1. The number of nitrogens with zero attached hydrogens (tertiary/aromatic N) is 1. The zero-order valence-corrected chi connectivity index (χ0v) is 12.9. The highest BCUT2D eigenvalue weighted by Gasteiger charge is 2.16. The fraction of sp³-hybridized carbons (Fsp3) is 0.538. The summed E-state index contributed by atoms with van der Waals surface area (Å²) in [6, 6.07) is 4.34. The Bertz CT molecular complexity index is 557. The van der Waals surface area contributed by atoms with Gasteiger partial charge in [0.15, 0.2) is 0 Å². The van der Waals surface area contributed by atoms with Crippen LogP contribution in [0.3, 0.4) is 0 Å². The maximum Gasteiger partial charge on any atom is 0.240 e. The van der Waals surface area contributed by atoms with Crippen LogP contribution >= 0.6 is 11.6 Å². The topological polar surface area (TPSA) is 75.4 Å². The van der Waals surface area contributed by atoms with Crippen LogP contribution in [0.15, 0.2) is 23.1 Å². The van der Waals surface area contributed by atoms with E-state index in [-0.39, 0.29) is 9.92 Å². The Hall–Kier alpha value is -0.820. The van der Waals surface area contributed by atoms with Crippen molar-refractivity contribution in [1.29, 1.82) is 0 Å². The number of halogens is 1. The van der Waals surface area contributed by atoms with Gasteiger partial charge < -0.3 is 10.6 Å². The van der Waals surface area contributed by atoms with Crippen molar-refractivity contribution in [2.75, 3.05) is 31.9 Å². The molecule has 3 N–H and O–H groups in total. The first-order valence-electron chi connectivity index (χ1n) is 6.76. The van der Waals surface area contributed by atoms with Crippen LogP contribution in [-0.4, -0.2) is 39.5 Å². The minimum atomic E-state index is -3.52. The Labute approximate surface area is 125 Å². The number of sulfonamides is 1. The Kier molecular flexibility index (Phi) is 5.26. The van der Waals surface area contributed by atoms with E-state index < -0.39 is 10.0 Å². The molecule has 20 heavy (non-hydrogen) atoms. The van der Waals surface area contributed by atoms with Crippen molar-refractivity contribution in [3.05, 3.63) is 23.2 Å². The Morgan fingerprint density at radius 1 is 1.25 bits per heavy atom. The van der Waals surface area contributed by atoms with E-state index in [9.17, 15) is 8.42 Å². The number of nitrogens with one attached hydrogen (secondary N) is 1. The highest BCUT2D eigenvalue weighted by Crippen LogP contribution is 2.22. The van der Waals surface area contributed by atoms with E-state index in [2.05, 4.69) is 9.62 Å².